The third-order valence-electron chi connectivity index (χ3n) is 13.8. The van der Waals surface area contributed by atoms with Gasteiger partial charge < -0.3 is 14.2 Å². The van der Waals surface area contributed by atoms with Crippen LogP contribution in [0, 0.1) is 0 Å². The SMILES string of the molecule is CCC/C=C\CCCCCCCC(=O)OCC(COC(=O)CCCCCCCCCCCCCCCCCCCCCCCCCCCC)OC(=O)CCCCCCCCCCCCCCC. The molecule has 0 aromatic carbocycles. The summed E-state index contributed by atoms with van der Waals surface area (Å²) < 4.78 is 16.8. The number of ether oxygens (including phenoxy) is 3. The Morgan fingerprint density at radius 2 is 0.522 bits per heavy atom. The Bertz CT molecular complexity index is 1040. The van der Waals surface area contributed by atoms with Crippen molar-refractivity contribution in [3.8, 4) is 0 Å². The van der Waals surface area contributed by atoms with E-state index in [0.29, 0.717) is 19.3 Å². The highest BCUT2D eigenvalue weighted by Crippen LogP contribution is 2.18. The van der Waals surface area contributed by atoms with Crippen molar-refractivity contribution in [3.05, 3.63) is 12.2 Å². The maximum absolute atomic E-state index is 12.8. The molecule has 6 heteroatoms. The van der Waals surface area contributed by atoms with E-state index in [0.717, 1.165) is 70.6 Å². The van der Waals surface area contributed by atoms with Crippen molar-refractivity contribution in [2.45, 2.75) is 348 Å². The van der Waals surface area contributed by atoms with Gasteiger partial charge in [0.2, 0.25) is 0 Å². The van der Waals surface area contributed by atoms with Crippen LogP contribution in [0.5, 0.6) is 0 Å². The predicted octanol–water partition coefficient (Wildman–Crippen LogP) is 20.1. The first-order valence-corrected chi connectivity index (χ1v) is 30.2. The molecule has 0 aliphatic carbocycles. The first-order chi connectivity index (χ1) is 33.0. The lowest BCUT2D eigenvalue weighted by Gasteiger charge is -2.18. The molecule has 0 saturated carbocycles. The molecule has 0 aromatic heterocycles. The average Bonchev–Trinajstić information content (AvgIpc) is 3.33. The summed E-state index contributed by atoms with van der Waals surface area (Å²) >= 11 is 0. The van der Waals surface area contributed by atoms with Gasteiger partial charge in [-0.25, -0.2) is 0 Å². The van der Waals surface area contributed by atoms with Gasteiger partial charge in [0, 0.05) is 19.3 Å². The number of esters is 3. The van der Waals surface area contributed by atoms with Crippen LogP contribution < -0.4 is 0 Å². The monoisotopic (exact) mass is 945 g/mol. The number of allylic oxidation sites excluding steroid dienone is 2. The lowest BCUT2D eigenvalue weighted by Crippen LogP contribution is -2.30. The zero-order valence-corrected chi connectivity index (χ0v) is 45.5. The number of carbonyl (C=O) groups is 3. The molecule has 396 valence electrons. The van der Waals surface area contributed by atoms with E-state index < -0.39 is 6.10 Å². The molecule has 0 aromatic rings. The molecule has 0 radical (unpaired) electrons. The van der Waals surface area contributed by atoms with Crippen LogP contribution >= 0.6 is 0 Å². The molecule has 0 aliphatic heterocycles. The van der Waals surface area contributed by atoms with Crippen LogP contribution in [-0.2, 0) is 28.6 Å². The van der Waals surface area contributed by atoms with Crippen molar-refractivity contribution in [2.75, 3.05) is 13.2 Å². The molecule has 1 atom stereocenters. The van der Waals surface area contributed by atoms with E-state index in [9.17, 15) is 14.4 Å². The molecular weight excluding hydrogens is 829 g/mol. The second-order valence-corrected chi connectivity index (χ2v) is 20.6. The summed E-state index contributed by atoms with van der Waals surface area (Å²) in [6, 6.07) is 0. The normalized spacial score (nSPS) is 12.0. The lowest BCUT2D eigenvalue weighted by atomic mass is 10.0. The van der Waals surface area contributed by atoms with Crippen LogP contribution in [0.2, 0.25) is 0 Å². The van der Waals surface area contributed by atoms with E-state index in [1.165, 1.54) is 231 Å². The molecule has 1 unspecified atom stereocenters. The minimum absolute atomic E-state index is 0.0668. The maximum atomic E-state index is 12.8. The minimum atomic E-state index is -0.767. The topological polar surface area (TPSA) is 78.9 Å². The molecule has 0 bridgehead atoms. The van der Waals surface area contributed by atoms with Gasteiger partial charge in [-0.1, -0.05) is 296 Å². The summed E-state index contributed by atoms with van der Waals surface area (Å²) in [5.74, 6) is -0.855. The van der Waals surface area contributed by atoms with Crippen LogP contribution in [-0.4, -0.2) is 37.2 Å². The highest BCUT2D eigenvalue weighted by Gasteiger charge is 2.19. The van der Waals surface area contributed by atoms with Gasteiger partial charge in [-0.3, -0.25) is 14.4 Å². The van der Waals surface area contributed by atoms with Crippen LogP contribution in [0.25, 0.3) is 0 Å². The van der Waals surface area contributed by atoms with Crippen molar-refractivity contribution < 1.29 is 28.6 Å². The van der Waals surface area contributed by atoms with Crippen LogP contribution in [0.4, 0.5) is 0 Å². The van der Waals surface area contributed by atoms with Crippen molar-refractivity contribution in [2.24, 2.45) is 0 Å². The molecule has 0 fully saturated rings. The smallest absolute Gasteiger partial charge is 0.306 e. The number of hydrogen-bond acceptors (Lipinski definition) is 6. The van der Waals surface area contributed by atoms with E-state index in [4.69, 9.17) is 14.2 Å². The number of unbranched alkanes of at least 4 members (excludes halogenated alkanes) is 43. The zero-order chi connectivity index (χ0) is 48.6. The van der Waals surface area contributed by atoms with E-state index >= 15 is 0 Å². The van der Waals surface area contributed by atoms with Crippen molar-refractivity contribution >= 4 is 17.9 Å². The van der Waals surface area contributed by atoms with Gasteiger partial charge in [0.15, 0.2) is 6.10 Å². The first kappa shape index (κ1) is 65.1. The largest absolute Gasteiger partial charge is 0.462 e. The molecule has 0 amide bonds. The fourth-order valence-electron chi connectivity index (χ4n) is 9.21. The second-order valence-electron chi connectivity index (χ2n) is 20.6. The number of hydrogen-bond donors (Lipinski definition) is 0. The first-order valence-electron chi connectivity index (χ1n) is 30.2. The van der Waals surface area contributed by atoms with Crippen molar-refractivity contribution in [1.29, 1.82) is 0 Å². The van der Waals surface area contributed by atoms with Crippen LogP contribution in [0.3, 0.4) is 0 Å². The van der Waals surface area contributed by atoms with Crippen molar-refractivity contribution in [3.63, 3.8) is 0 Å². The van der Waals surface area contributed by atoms with Crippen LogP contribution in [0.1, 0.15) is 342 Å². The van der Waals surface area contributed by atoms with Gasteiger partial charge >= 0.3 is 17.9 Å². The molecule has 0 N–H and O–H groups in total. The second kappa shape index (κ2) is 56.7. The molecule has 0 saturated heterocycles. The summed E-state index contributed by atoms with van der Waals surface area (Å²) in [5.41, 5.74) is 0. The van der Waals surface area contributed by atoms with E-state index in [2.05, 4.69) is 32.9 Å². The quantitative estimate of drug-likeness (QED) is 0.0262. The van der Waals surface area contributed by atoms with Gasteiger partial charge in [0.1, 0.15) is 13.2 Å². The molecule has 0 rings (SSSR count). The summed E-state index contributed by atoms with van der Waals surface area (Å²) in [7, 11) is 0. The van der Waals surface area contributed by atoms with Gasteiger partial charge in [-0.2, -0.15) is 0 Å². The van der Waals surface area contributed by atoms with Crippen LogP contribution in [0.15, 0.2) is 12.2 Å². The van der Waals surface area contributed by atoms with E-state index in [-0.39, 0.29) is 31.1 Å². The molecular formula is C61H116O6. The third-order valence-corrected chi connectivity index (χ3v) is 13.8. The molecule has 0 spiro atoms. The van der Waals surface area contributed by atoms with Crippen molar-refractivity contribution in [1.82, 2.24) is 0 Å². The maximum Gasteiger partial charge on any atom is 0.306 e. The summed E-state index contributed by atoms with van der Waals surface area (Å²) in [6.07, 6.45) is 65.2. The standard InChI is InChI=1S/C61H116O6/c1-4-7-10-13-16-19-22-24-25-26-27-28-29-30-31-32-33-34-35-36-38-39-42-45-48-51-54-60(63)66-57-58(56-65-59(62)53-50-47-44-41-21-18-15-12-9-6-3)67-61(64)55-52-49-46-43-40-37-23-20-17-14-11-8-5-2/h12,15,58H,4-11,13-14,16-57H2,1-3H3/b15-12-. The fourth-order valence-corrected chi connectivity index (χ4v) is 9.21. The lowest BCUT2D eigenvalue weighted by molar-refractivity contribution is -0.167. The Kier molecular flexibility index (Phi) is 55.2. The number of rotatable bonds is 56. The summed E-state index contributed by atoms with van der Waals surface area (Å²) in [5, 5.41) is 0. The Labute approximate surface area is 418 Å². The fraction of sp³-hybridized carbons (Fsp3) is 0.918. The predicted molar refractivity (Wildman–Crippen MR) is 289 cm³/mol. The highest BCUT2D eigenvalue weighted by atomic mass is 16.6. The zero-order valence-electron chi connectivity index (χ0n) is 45.5. The van der Waals surface area contributed by atoms with Gasteiger partial charge in [-0.15, -0.1) is 0 Å². The summed E-state index contributed by atoms with van der Waals surface area (Å²) in [6.45, 7) is 6.63. The minimum Gasteiger partial charge on any atom is -0.462 e. The average molecular weight is 946 g/mol. The Balaban J connectivity index is 4.09. The third kappa shape index (κ3) is 55.0. The van der Waals surface area contributed by atoms with Gasteiger partial charge in [0.25, 0.3) is 0 Å². The van der Waals surface area contributed by atoms with Gasteiger partial charge in [0.05, 0.1) is 0 Å². The summed E-state index contributed by atoms with van der Waals surface area (Å²) in [4.78, 5) is 38.0. The Morgan fingerprint density at radius 3 is 0.806 bits per heavy atom. The molecule has 0 aliphatic rings. The Morgan fingerprint density at radius 1 is 0.284 bits per heavy atom. The highest BCUT2D eigenvalue weighted by molar-refractivity contribution is 5.71. The van der Waals surface area contributed by atoms with Gasteiger partial charge in [-0.05, 0) is 38.5 Å². The van der Waals surface area contributed by atoms with E-state index in [1.54, 1.807) is 0 Å². The molecule has 0 heterocycles. The molecule has 67 heavy (non-hydrogen) atoms. The number of carbonyl (C=O) groups excluding carboxylic acids is 3. The molecule has 6 nitrogen and oxygen atoms in total. The Hall–Kier alpha value is -1.85. The van der Waals surface area contributed by atoms with E-state index in [1.807, 2.05) is 0 Å².